The average Bonchev–Trinajstić information content (AvgIpc) is 2.47. The lowest BCUT2D eigenvalue weighted by atomic mass is 9.93. The monoisotopic (exact) mass is 270 g/mol. The lowest BCUT2D eigenvalue weighted by Gasteiger charge is -2.29. The molecule has 1 aliphatic rings. The number of fused-ring (bicyclic) bond motifs is 2. The van der Waals surface area contributed by atoms with Crippen LogP contribution in [0.3, 0.4) is 0 Å². The van der Waals surface area contributed by atoms with E-state index < -0.39 is 0 Å². The number of benzene rings is 2. The molecule has 2 N–H and O–H groups in total. The molecule has 0 spiro atoms. The van der Waals surface area contributed by atoms with Crippen LogP contribution in [0.2, 0.25) is 0 Å². The smallest absolute Gasteiger partial charge is 0.410 e. The van der Waals surface area contributed by atoms with Gasteiger partial charge in [0.15, 0.2) is 0 Å². The van der Waals surface area contributed by atoms with Crippen LogP contribution in [0.15, 0.2) is 30.3 Å². The Morgan fingerprint density at radius 2 is 2.20 bits per heavy atom. The Hall–Kier alpha value is -2.23. The number of nitrogens with zero attached hydrogens (tertiary/aromatic N) is 1. The molecule has 0 saturated carbocycles. The van der Waals surface area contributed by atoms with Crippen molar-refractivity contribution in [2.75, 3.05) is 18.9 Å². The van der Waals surface area contributed by atoms with E-state index >= 15 is 0 Å². The van der Waals surface area contributed by atoms with Gasteiger partial charge in [-0.25, -0.2) is 4.79 Å². The fraction of sp³-hybridized carbons (Fsp3) is 0.312. The molecule has 2 aromatic rings. The predicted molar refractivity (Wildman–Crippen MR) is 79.5 cm³/mol. The highest BCUT2D eigenvalue weighted by Crippen LogP contribution is 2.32. The molecule has 104 valence electrons. The van der Waals surface area contributed by atoms with Crippen LogP contribution in [0.4, 0.5) is 10.5 Å². The van der Waals surface area contributed by atoms with E-state index in [0.29, 0.717) is 19.7 Å². The van der Waals surface area contributed by atoms with Gasteiger partial charge in [0, 0.05) is 24.2 Å². The van der Waals surface area contributed by atoms with Crippen molar-refractivity contribution in [3.8, 4) is 0 Å². The zero-order valence-electron chi connectivity index (χ0n) is 11.6. The third-order valence-corrected chi connectivity index (χ3v) is 3.81. The maximum Gasteiger partial charge on any atom is 0.410 e. The van der Waals surface area contributed by atoms with Crippen LogP contribution in [-0.2, 0) is 17.7 Å². The summed E-state index contributed by atoms with van der Waals surface area (Å²) in [6.07, 6.45) is 0.537. The van der Waals surface area contributed by atoms with E-state index in [1.165, 1.54) is 5.56 Å². The topological polar surface area (TPSA) is 55.6 Å². The number of anilines is 1. The molecule has 2 aromatic carbocycles. The van der Waals surface area contributed by atoms with Crippen molar-refractivity contribution in [1.82, 2.24) is 4.90 Å². The van der Waals surface area contributed by atoms with Crippen molar-refractivity contribution in [2.24, 2.45) is 0 Å². The molecule has 4 nitrogen and oxygen atoms in total. The predicted octanol–water partition coefficient (Wildman–Crippen LogP) is 2.94. The van der Waals surface area contributed by atoms with E-state index in [0.717, 1.165) is 28.4 Å². The highest BCUT2D eigenvalue weighted by Gasteiger charge is 2.23. The number of nitrogen functional groups attached to an aromatic ring is 1. The maximum absolute atomic E-state index is 11.8. The molecule has 1 heterocycles. The summed E-state index contributed by atoms with van der Waals surface area (Å²) in [5.74, 6) is 0. The first-order valence-corrected chi connectivity index (χ1v) is 6.91. The van der Waals surface area contributed by atoms with E-state index in [1.54, 1.807) is 4.90 Å². The molecule has 1 aliphatic heterocycles. The largest absolute Gasteiger partial charge is 0.450 e. The van der Waals surface area contributed by atoms with E-state index in [1.807, 2.05) is 25.1 Å². The lowest BCUT2D eigenvalue weighted by Crippen LogP contribution is -2.36. The second kappa shape index (κ2) is 5.04. The van der Waals surface area contributed by atoms with Crippen LogP contribution in [0.5, 0.6) is 0 Å². The van der Waals surface area contributed by atoms with Gasteiger partial charge in [-0.15, -0.1) is 0 Å². The van der Waals surface area contributed by atoms with Gasteiger partial charge in [0.05, 0.1) is 6.61 Å². The Balaban J connectivity index is 1.99. The molecule has 0 saturated heterocycles. The van der Waals surface area contributed by atoms with E-state index in [4.69, 9.17) is 10.5 Å². The standard InChI is InChI=1S/C16H18N2O2/c1-2-20-16(19)18-8-7-14-12(10-18)9-11-5-3-4-6-13(11)15(14)17/h3-6,9H,2,7-8,10,17H2,1H3. The van der Waals surface area contributed by atoms with Crippen molar-refractivity contribution in [3.05, 3.63) is 41.5 Å². The summed E-state index contributed by atoms with van der Waals surface area (Å²) < 4.78 is 5.07. The van der Waals surface area contributed by atoms with Gasteiger partial charge in [-0.3, -0.25) is 0 Å². The molecule has 4 heteroatoms. The van der Waals surface area contributed by atoms with E-state index in [2.05, 4.69) is 12.1 Å². The summed E-state index contributed by atoms with van der Waals surface area (Å²) in [4.78, 5) is 13.6. The number of hydrogen-bond acceptors (Lipinski definition) is 3. The molecule has 3 rings (SSSR count). The summed E-state index contributed by atoms with van der Waals surface area (Å²) in [5.41, 5.74) is 9.43. The van der Waals surface area contributed by atoms with Crippen LogP contribution in [-0.4, -0.2) is 24.1 Å². The van der Waals surface area contributed by atoms with Crippen LogP contribution in [0.25, 0.3) is 10.8 Å². The number of amides is 1. The van der Waals surface area contributed by atoms with Crippen LogP contribution in [0, 0.1) is 0 Å². The molecule has 0 atom stereocenters. The summed E-state index contributed by atoms with van der Waals surface area (Å²) >= 11 is 0. The number of nitrogens with two attached hydrogens (primary N) is 1. The minimum atomic E-state index is -0.245. The minimum Gasteiger partial charge on any atom is -0.450 e. The highest BCUT2D eigenvalue weighted by atomic mass is 16.6. The van der Waals surface area contributed by atoms with E-state index in [-0.39, 0.29) is 6.09 Å². The third-order valence-electron chi connectivity index (χ3n) is 3.81. The molecular weight excluding hydrogens is 252 g/mol. The number of ether oxygens (including phenoxy) is 1. The van der Waals surface area contributed by atoms with Gasteiger partial charge in [0.1, 0.15) is 0 Å². The first-order valence-electron chi connectivity index (χ1n) is 6.91. The normalized spacial score (nSPS) is 14.2. The third kappa shape index (κ3) is 2.07. The lowest BCUT2D eigenvalue weighted by molar-refractivity contribution is 0.103. The average molecular weight is 270 g/mol. The number of carbonyl (C=O) groups excluding carboxylic acids is 1. The Kier molecular flexibility index (Phi) is 3.22. The van der Waals surface area contributed by atoms with Gasteiger partial charge in [0.2, 0.25) is 0 Å². The van der Waals surface area contributed by atoms with Crippen molar-refractivity contribution in [1.29, 1.82) is 0 Å². The van der Waals surface area contributed by atoms with Gasteiger partial charge < -0.3 is 15.4 Å². The molecule has 0 bridgehead atoms. The minimum absolute atomic E-state index is 0.245. The summed E-state index contributed by atoms with van der Waals surface area (Å²) in [6, 6.07) is 10.2. The van der Waals surface area contributed by atoms with Gasteiger partial charge >= 0.3 is 6.09 Å². The summed E-state index contributed by atoms with van der Waals surface area (Å²) in [5, 5.41) is 2.21. The molecular formula is C16H18N2O2. The van der Waals surface area contributed by atoms with E-state index in [9.17, 15) is 4.79 Å². The Morgan fingerprint density at radius 1 is 1.40 bits per heavy atom. The van der Waals surface area contributed by atoms with Crippen LogP contribution < -0.4 is 5.73 Å². The first kappa shape index (κ1) is 12.8. The quantitative estimate of drug-likeness (QED) is 0.811. The maximum atomic E-state index is 11.8. The second-order valence-electron chi connectivity index (χ2n) is 5.02. The van der Waals surface area contributed by atoms with Crippen molar-refractivity contribution in [3.63, 3.8) is 0 Å². The van der Waals surface area contributed by atoms with Gasteiger partial charge in [0.25, 0.3) is 0 Å². The first-order chi connectivity index (χ1) is 9.70. The van der Waals surface area contributed by atoms with Crippen LogP contribution in [0.1, 0.15) is 18.1 Å². The van der Waals surface area contributed by atoms with Gasteiger partial charge in [-0.1, -0.05) is 24.3 Å². The Bertz CT molecular complexity index is 667. The molecule has 0 unspecified atom stereocenters. The van der Waals surface area contributed by atoms with Gasteiger partial charge in [-0.2, -0.15) is 0 Å². The number of rotatable bonds is 1. The van der Waals surface area contributed by atoms with Crippen molar-refractivity contribution < 1.29 is 9.53 Å². The number of carbonyl (C=O) groups is 1. The SMILES string of the molecule is CCOC(=O)N1CCc2c(cc3ccccc3c2N)C1. The molecule has 0 radical (unpaired) electrons. The Morgan fingerprint density at radius 3 is 3.00 bits per heavy atom. The molecule has 1 amide bonds. The molecule has 0 aliphatic carbocycles. The zero-order valence-corrected chi connectivity index (χ0v) is 11.6. The fourth-order valence-corrected chi connectivity index (χ4v) is 2.82. The second-order valence-corrected chi connectivity index (χ2v) is 5.02. The molecule has 0 fully saturated rings. The fourth-order valence-electron chi connectivity index (χ4n) is 2.82. The van der Waals surface area contributed by atoms with Crippen LogP contribution >= 0.6 is 0 Å². The van der Waals surface area contributed by atoms with Crippen molar-refractivity contribution in [2.45, 2.75) is 19.9 Å². The highest BCUT2D eigenvalue weighted by molar-refractivity contribution is 5.95. The van der Waals surface area contributed by atoms with Gasteiger partial charge in [-0.05, 0) is 35.9 Å². The Labute approximate surface area is 118 Å². The molecule has 0 aromatic heterocycles. The summed E-state index contributed by atoms with van der Waals surface area (Å²) in [7, 11) is 0. The zero-order chi connectivity index (χ0) is 14.1. The van der Waals surface area contributed by atoms with Crippen molar-refractivity contribution >= 4 is 22.6 Å². The molecule has 20 heavy (non-hydrogen) atoms. The number of hydrogen-bond donors (Lipinski definition) is 1. The summed E-state index contributed by atoms with van der Waals surface area (Å²) in [6.45, 7) is 3.46.